The summed E-state index contributed by atoms with van der Waals surface area (Å²) in [6.07, 6.45) is 6.04. The van der Waals surface area contributed by atoms with Crippen LogP contribution in [-0.4, -0.2) is 36.3 Å². The van der Waals surface area contributed by atoms with Crippen LogP contribution < -0.4 is 14.9 Å². The fourth-order valence-electron chi connectivity index (χ4n) is 3.38. The van der Waals surface area contributed by atoms with E-state index < -0.39 is 10.0 Å². The molecule has 156 valence electrons. The van der Waals surface area contributed by atoms with E-state index in [2.05, 4.69) is 15.6 Å². The van der Waals surface area contributed by atoms with Gasteiger partial charge in [0.15, 0.2) is 0 Å². The Hall–Kier alpha value is -3.33. The number of sulfonamides is 1. The summed E-state index contributed by atoms with van der Waals surface area (Å²) >= 11 is 0. The number of nitrogens with zero attached hydrogens (tertiary/aromatic N) is 3. The minimum Gasteiger partial charge on any atom is -0.334 e. The number of hydrogen-bond donors (Lipinski definition) is 2. The molecule has 2 amide bonds. The summed E-state index contributed by atoms with van der Waals surface area (Å²) in [5.74, 6) is 0.159. The van der Waals surface area contributed by atoms with Crippen molar-refractivity contribution in [1.82, 2.24) is 14.9 Å². The van der Waals surface area contributed by atoms with Crippen LogP contribution in [0.25, 0.3) is 0 Å². The predicted octanol–water partition coefficient (Wildman–Crippen LogP) is 2.79. The number of urea groups is 1. The lowest BCUT2D eigenvalue weighted by atomic mass is 10.1. The average molecular weight is 426 g/mol. The quantitative estimate of drug-likeness (QED) is 0.635. The first kappa shape index (κ1) is 20.0. The van der Waals surface area contributed by atoms with Crippen LogP contribution in [0, 0.1) is 0 Å². The van der Waals surface area contributed by atoms with Gasteiger partial charge in [-0.2, -0.15) is 0 Å². The van der Waals surface area contributed by atoms with Gasteiger partial charge in [0, 0.05) is 37.7 Å². The second-order valence-electron chi connectivity index (χ2n) is 7.15. The summed E-state index contributed by atoms with van der Waals surface area (Å²) in [5, 5.41) is 5.58. The highest BCUT2D eigenvalue weighted by Gasteiger charge is 2.28. The van der Waals surface area contributed by atoms with Gasteiger partial charge in [0.1, 0.15) is 0 Å². The first-order valence-corrected chi connectivity index (χ1v) is 11.3. The molecule has 30 heavy (non-hydrogen) atoms. The summed E-state index contributed by atoms with van der Waals surface area (Å²) in [4.78, 5) is 16.3. The third kappa shape index (κ3) is 4.80. The Bertz CT molecular complexity index is 1110. The van der Waals surface area contributed by atoms with E-state index in [0.717, 1.165) is 17.7 Å². The largest absolute Gasteiger partial charge is 0.334 e. The zero-order valence-electron chi connectivity index (χ0n) is 16.4. The minimum absolute atomic E-state index is 0.159. The average Bonchev–Trinajstić information content (AvgIpc) is 3.36. The van der Waals surface area contributed by atoms with Gasteiger partial charge in [-0.25, -0.2) is 18.2 Å². The van der Waals surface area contributed by atoms with Gasteiger partial charge < -0.3 is 15.2 Å². The molecule has 1 aliphatic heterocycles. The minimum atomic E-state index is -3.25. The SMILES string of the molecule is O=C(NCc1ccc(Cn2ccnc2)cc1)Nc1cccc(N2CCCS2(=O)=O)c1. The van der Waals surface area contributed by atoms with Gasteiger partial charge in [-0.15, -0.1) is 0 Å². The Morgan fingerprint density at radius 3 is 2.60 bits per heavy atom. The number of carbonyl (C=O) groups is 1. The fourth-order valence-corrected chi connectivity index (χ4v) is 4.94. The van der Waals surface area contributed by atoms with Gasteiger partial charge in [-0.1, -0.05) is 30.3 Å². The number of aromatic nitrogens is 2. The highest BCUT2D eigenvalue weighted by atomic mass is 32.2. The molecule has 1 aromatic heterocycles. The smallest absolute Gasteiger partial charge is 0.319 e. The number of hydrogen-bond acceptors (Lipinski definition) is 4. The molecule has 0 atom stereocenters. The molecule has 2 heterocycles. The molecule has 8 nitrogen and oxygen atoms in total. The molecule has 1 aliphatic rings. The van der Waals surface area contributed by atoms with Crippen LogP contribution in [0.15, 0.2) is 67.3 Å². The standard InChI is InChI=1S/C21H23N5O3S/c27-21(23-14-17-5-7-18(8-6-17)15-25-11-9-22-16-25)24-19-3-1-4-20(13-19)26-10-2-12-30(26,28)29/h1,3-9,11,13,16H,2,10,12,14-15H2,(H2,23,24,27). The lowest BCUT2D eigenvalue weighted by Gasteiger charge is -2.18. The lowest BCUT2D eigenvalue weighted by molar-refractivity contribution is 0.251. The number of carbonyl (C=O) groups excluding carboxylic acids is 1. The number of imidazole rings is 1. The number of rotatable bonds is 6. The molecule has 0 aliphatic carbocycles. The molecule has 0 unspecified atom stereocenters. The van der Waals surface area contributed by atoms with Crippen molar-refractivity contribution in [3.05, 3.63) is 78.4 Å². The van der Waals surface area contributed by atoms with Crippen molar-refractivity contribution in [1.29, 1.82) is 0 Å². The summed E-state index contributed by atoms with van der Waals surface area (Å²) in [5.41, 5.74) is 3.24. The normalized spacial score (nSPS) is 15.1. The summed E-state index contributed by atoms with van der Waals surface area (Å²) in [6.45, 7) is 1.60. The molecule has 0 radical (unpaired) electrons. The Labute approximate surface area is 175 Å². The number of benzene rings is 2. The van der Waals surface area contributed by atoms with E-state index >= 15 is 0 Å². The van der Waals surface area contributed by atoms with Crippen molar-refractivity contribution < 1.29 is 13.2 Å². The lowest BCUT2D eigenvalue weighted by Crippen LogP contribution is -2.28. The molecule has 0 saturated carbocycles. The maximum atomic E-state index is 12.3. The van der Waals surface area contributed by atoms with Crippen molar-refractivity contribution in [3.8, 4) is 0 Å². The fraction of sp³-hybridized carbons (Fsp3) is 0.238. The molecular weight excluding hydrogens is 402 g/mol. The molecule has 2 N–H and O–H groups in total. The van der Waals surface area contributed by atoms with Crippen LogP contribution in [-0.2, 0) is 23.1 Å². The summed E-state index contributed by atoms with van der Waals surface area (Å²) in [7, 11) is -3.25. The Morgan fingerprint density at radius 2 is 1.90 bits per heavy atom. The second kappa shape index (κ2) is 8.58. The van der Waals surface area contributed by atoms with Gasteiger partial charge in [-0.3, -0.25) is 4.31 Å². The Kier molecular flexibility index (Phi) is 5.71. The topological polar surface area (TPSA) is 96.3 Å². The van der Waals surface area contributed by atoms with E-state index in [1.165, 1.54) is 4.31 Å². The first-order chi connectivity index (χ1) is 14.5. The monoisotopic (exact) mass is 425 g/mol. The summed E-state index contributed by atoms with van der Waals surface area (Å²) in [6, 6.07) is 14.5. The number of nitrogens with one attached hydrogen (secondary N) is 2. The maximum Gasteiger partial charge on any atom is 0.319 e. The van der Waals surface area contributed by atoms with Crippen molar-refractivity contribution in [3.63, 3.8) is 0 Å². The van der Waals surface area contributed by atoms with Gasteiger partial charge >= 0.3 is 6.03 Å². The van der Waals surface area contributed by atoms with Gasteiger partial charge in [-0.05, 0) is 35.7 Å². The van der Waals surface area contributed by atoms with Crippen molar-refractivity contribution >= 4 is 27.4 Å². The van der Waals surface area contributed by atoms with Crippen LogP contribution in [0.4, 0.5) is 16.2 Å². The van der Waals surface area contributed by atoms with E-state index in [4.69, 9.17) is 0 Å². The van der Waals surface area contributed by atoms with Crippen molar-refractivity contribution in [2.75, 3.05) is 21.9 Å². The van der Waals surface area contributed by atoms with Crippen LogP contribution in [0.3, 0.4) is 0 Å². The van der Waals surface area contributed by atoms with Gasteiger partial charge in [0.05, 0.1) is 17.8 Å². The highest BCUT2D eigenvalue weighted by Crippen LogP contribution is 2.26. The van der Waals surface area contributed by atoms with Crippen LogP contribution >= 0.6 is 0 Å². The van der Waals surface area contributed by atoms with Crippen molar-refractivity contribution in [2.24, 2.45) is 0 Å². The number of amides is 2. The summed E-state index contributed by atoms with van der Waals surface area (Å²) < 4.78 is 27.6. The Morgan fingerprint density at radius 1 is 1.10 bits per heavy atom. The molecule has 4 rings (SSSR count). The van der Waals surface area contributed by atoms with Crippen molar-refractivity contribution in [2.45, 2.75) is 19.5 Å². The number of anilines is 2. The van der Waals surface area contributed by atoms with Crippen LogP contribution in [0.1, 0.15) is 17.5 Å². The third-order valence-electron chi connectivity index (χ3n) is 4.89. The molecule has 3 aromatic rings. The second-order valence-corrected chi connectivity index (χ2v) is 9.16. The first-order valence-electron chi connectivity index (χ1n) is 9.68. The molecule has 9 heteroatoms. The predicted molar refractivity (Wildman–Crippen MR) is 116 cm³/mol. The molecular formula is C21H23N5O3S. The van der Waals surface area contributed by atoms with Crippen LogP contribution in [0.5, 0.6) is 0 Å². The molecule has 1 saturated heterocycles. The van der Waals surface area contributed by atoms with E-state index in [-0.39, 0.29) is 11.8 Å². The molecule has 1 fully saturated rings. The van der Waals surface area contributed by atoms with E-state index in [9.17, 15) is 13.2 Å². The maximum absolute atomic E-state index is 12.3. The Balaban J connectivity index is 1.31. The molecule has 0 bridgehead atoms. The van der Waals surface area contributed by atoms with Gasteiger partial charge in [0.2, 0.25) is 10.0 Å². The molecule has 0 spiro atoms. The highest BCUT2D eigenvalue weighted by molar-refractivity contribution is 7.93. The molecule has 2 aromatic carbocycles. The van der Waals surface area contributed by atoms with E-state index in [0.29, 0.717) is 30.9 Å². The van der Waals surface area contributed by atoms with E-state index in [1.807, 2.05) is 35.0 Å². The zero-order chi connectivity index (χ0) is 21.0. The van der Waals surface area contributed by atoms with E-state index in [1.54, 1.807) is 36.8 Å². The van der Waals surface area contributed by atoms with Gasteiger partial charge in [0.25, 0.3) is 0 Å². The van der Waals surface area contributed by atoms with Crippen LogP contribution in [0.2, 0.25) is 0 Å². The third-order valence-corrected chi connectivity index (χ3v) is 6.76. The zero-order valence-corrected chi connectivity index (χ0v) is 17.2.